The molecule has 29 heavy (non-hydrogen) atoms. The Morgan fingerprint density at radius 3 is 2.66 bits per heavy atom. The number of benzene rings is 2. The average molecular weight is 400 g/mol. The van der Waals surface area contributed by atoms with E-state index in [0.717, 1.165) is 24.3 Å². The summed E-state index contributed by atoms with van der Waals surface area (Å²) in [5, 5.41) is 13.3. The third kappa shape index (κ3) is 4.26. The number of carbonyl (C=O) groups excluding carboxylic acids is 2. The number of halogens is 1. The smallest absolute Gasteiger partial charge is 0.375 e. The van der Waals surface area contributed by atoms with E-state index in [1.807, 2.05) is 0 Å². The number of nitro groups is 1. The molecule has 1 aromatic heterocycles. The number of nitrogens with one attached hydrogen (secondary N) is 1. The summed E-state index contributed by atoms with van der Waals surface area (Å²) in [7, 11) is 0. The van der Waals surface area contributed by atoms with Gasteiger partial charge in [-0.15, -0.1) is 0 Å². The van der Waals surface area contributed by atoms with Gasteiger partial charge in [0, 0.05) is 17.8 Å². The lowest BCUT2D eigenvalue weighted by molar-refractivity contribution is -0.387. The number of nitrogens with zero attached hydrogens (tertiary/aromatic N) is 1. The fourth-order valence-corrected chi connectivity index (χ4v) is 2.45. The predicted octanol–water partition coefficient (Wildman–Crippen LogP) is 3.02. The minimum Gasteiger partial charge on any atom is -0.449 e. The van der Waals surface area contributed by atoms with E-state index < -0.39 is 39.8 Å². The number of carbonyl (C=O) groups is 2. The standard InChI is InChI=1S/C19H13FN2O7/c1-10(18(24)21-11-6-7-13(20)14(8-11)22(26)27)28-19(25)17-9-15(23)12-4-2-3-5-16(12)29-17/h2-10H,1H3,(H,21,24)/t10-/m1/s1. The Hall–Kier alpha value is -4.08. The van der Waals surface area contributed by atoms with Crippen molar-refractivity contribution in [1.82, 2.24) is 0 Å². The van der Waals surface area contributed by atoms with Gasteiger partial charge in [-0.1, -0.05) is 12.1 Å². The zero-order chi connectivity index (χ0) is 21.1. The largest absolute Gasteiger partial charge is 0.449 e. The maximum atomic E-state index is 13.4. The fraction of sp³-hybridized carbons (Fsp3) is 0.105. The van der Waals surface area contributed by atoms with E-state index in [1.54, 1.807) is 12.1 Å². The third-order valence-electron chi connectivity index (χ3n) is 3.90. The van der Waals surface area contributed by atoms with Gasteiger partial charge in [-0.3, -0.25) is 19.7 Å². The molecular formula is C19H13FN2O7. The first-order valence-electron chi connectivity index (χ1n) is 8.25. The van der Waals surface area contributed by atoms with Gasteiger partial charge in [0.25, 0.3) is 5.91 Å². The van der Waals surface area contributed by atoms with Crippen LogP contribution in [0.25, 0.3) is 11.0 Å². The number of esters is 1. The van der Waals surface area contributed by atoms with Crippen molar-refractivity contribution in [2.45, 2.75) is 13.0 Å². The van der Waals surface area contributed by atoms with Gasteiger partial charge >= 0.3 is 11.7 Å². The van der Waals surface area contributed by atoms with Crippen LogP contribution in [0.5, 0.6) is 0 Å². The van der Waals surface area contributed by atoms with Crippen molar-refractivity contribution in [2.24, 2.45) is 0 Å². The summed E-state index contributed by atoms with van der Waals surface area (Å²) >= 11 is 0. The number of para-hydroxylation sites is 1. The molecule has 1 heterocycles. The number of hydrogen-bond donors (Lipinski definition) is 1. The zero-order valence-corrected chi connectivity index (χ0v) is 14.9. The Balaban J connectivity index is 1.73. The molecule has 9 nitrogen and oxygen atoms in total. The highest BCUT2D eigenvalue weighted by Crippen LogP contribution is 2.22. The molecule has 2 aromatic carbocycles. The first-order chi connectivity index (χ1) is 13.8. The van der Waals surface area contributed by atoms with E-state index >= 15 is 0 Å². The van der Waals surface area contributed by atoms with E-state index in [9.17, 15) is 28.9 Å². The molecule has 3 aromatic rings. The Labute approximate surface area is 161 Å². The average Bonchev–Trinajstić information content (AvgIpc) is 2.69. The quantitative estimate of drug-likeness (QED) is 0.396. The number of amides is 1. The van der Waals surface area contributed by atoms with Gasteiger partial charge in [-0.2, -0.15) is 4.39 Å². The first-order valence-corrected chi connectivity index (χ1v) is 8.25. The van der Waals surface area contributed by atoms with Crippen molar-refractivity contribution in [3.63, 3.8) is 0 Å². The zero-order valence-electron chi connectivity index (χ0n) is 14.9. The van der Waals surface area contributed by atoms with Crippen LogP contribution in [0.2, 0.25) is 0 Å². The van der Waals surface area contributed by atoms with Crippen LogP contribution < -0.4 is 10.7 Å². The molecule has 3 rings (SSSR count). The number of ether oxygens (including phenoxy) is 1. The summed E-state index contributed by atoms with van der Waals surface area (Å²) in [5.41, 5.74) is -1.13. The Kier molecular flexibility index (Phi) is 5.35. The van der Waals surface area contributed by atoms with Crippen LogP contribution in [-0.4, -0.2) is 22.9 Å². The molecule has 0 aliphatic heterocycles. The summed E-state index contributed by atoms with van der Waals surface area (Å²) in [6.07, 6.45) is -1.33. The van der Waals surface area contributed by atoms with Crippen LogP contribution in [0, 0.1) is 15.9 Å². The molecule has 0 bridgehead atoms. The molecule has 0 aliphatic rings. The van der Waals surface area contributed by atoms with Crippen molar-refractivity contribution >= 4 is 34.2 Å². The number of rotatable bonds is 5. The number of anilines is 1. The lowest BCUT2D eigenvalue weighted by Gasteiger charge is -2.13. The van der Waals surface area contributed by atoms with Crippen LogP contribution in [0.1, 0.15) is 17.5 Å². The highest BCUT2D eigenvalue weighted by Gasteiger charge is 2.23. The van der Waals surface area contributed by atoms with Gasteiger partial charge in [-0.25, -0.2) is 4.79 Å². The van der Waals surface area contributed by atoms with Crippen molar-refractivity contribution in [2.75, 3.05) is 5.32 Å². The second-order valence-corrected chi connectivity index (χ2v) is 5.93. The van der Waals surface area contributed by atoms with E-state index in [1.165, 1.54) is 19.1 Å². The molecule has 0 radical (unpaired) electrons. The molecule has 1 atom stereocenters. The topological polar surface area (TPSA) is 129 Å². The number of nitro benzene ring substituents is 1. The van der Waals surface area contributed by atoms with Crippen molar-refractivity contribution < 1.29 is 28.1 Å². The van der Waals surface area contributed by atoms with Crippen molar-refractivity contribution in [3.8, 4) is 0 Å². The van der Waals surface area contributed by atoms with Crippen LogP contribution in [0.4, 0.5) is 15.8 Å². The van der Waals surface area contributed by atoms with Gasteiger partial charge in [-0.05, 0) is 31.2 Å². The second-order valence-electron chi connectivity index (χ2n) is 5.93. The minimum absolute atomic E-state index is 0.0526. The molecular weight excluding hydrogens is 387 g/mol. The van der Waals surface area contributed by atoms with E-state index in [-0.39, 0.29) is 22.4 Å². The van der Waals surface area contributed by atoms with Gasteiger partial charge in [0.05, 0.1) is 10.3 Å². The molecule has 0 aliphatic carbocycles. The Morgan fingerprint density at radius 1 is 1.21 bits per heavy atom. The molecule has 1 N–H and O–H groups in total. The number of fused-ring (bicyclic) bond motifs is 1. The molecule has 0 saturated carbocycles. The Morgan fingerprint density at radius 2 is 1.93 bits per heavy atom. The normalized spacial score (nSPS) is 11.7. The van der Waals surface area contributed by atoms with E-state index in [4.69, 9.17) is 9.15 Å². The van der Waals surface area contributed by atoms with E-state index in [0.29, 0.717) is 0 Å². The third-order valence-corrected chi connectivity index (χ3v) is 3.90. The first kappa shape index (κ1) is 19.7. The van der Waals surface area contributed by atoms with Gasteiger partial charge in [0.15, 0.2) is 11.5 Å². The van der Waals surface area contributed by atoms with Crippen LogP contribution >= 0.6 is 0 Å². The molecule has 0 saturated heterocycles. The molecule has 148 valence electrons. The minimum atomic E-state index is -1.33. The summed E-state index contributed by atoms with van der Waals surface area (Å²) in [5.74, 6) is -3.30. The van der Waals surface area contributed by atoms with Gasteiger partial charge < -0.3 is 14.5 Å². The molecule has 0 fully saturated rings. The summed E-state index contributed by atoms with van der Waals surface area (Å²) in [6.45, 7) is 1.25. The second kappa shape index (κ2) is 7.89. The number of hydrogen-bond acceptors (Lipinski definition) is 7. The lowest BCUT2D eigenvalue weighted by atomic mass is 10.2. The summed E-state index contributed by atoms with van der Waals surface area (Å²) < 4.78 is 23.7. The van der Waals surface area contributed by atoms with Crippen molar-refractivity contribution in [3.05, 3.63) is 80.4 Å². The predicted molar refractivity (Wildman–Crippen MR) is 99.0 cm³/mol. The van der Waals surface area contributed by atoms with Crippen LogP contribution in [0.15, 0.2) is 57.7 Å². The summed E-state index contributed by atoms with van der Waals surface area (Å²) in [4.78, 5) is 46.3. The molecule has 10 heteroatoms. The maximum absolute atomic E-state index is 13.4. The molecule has 0 unspecified atom stereocenters. The van der Waals surface area contributed by atoms with Crippen LogP contribution in [-0.2, 0) is 9.53 Å². The fourth-order valence-electron chi connectivity index (χ4n) is 2.45. The molecule has 1 amide bonds. The van der Waals surface area contributed by atoms with Crippen molar-refractivity contribution in [1.29, 1.82) is 0 Å². The highest BCUT2D eigenvalue weighted by atomic mass is 19.1. The maximum Gasteiger partial charge on any atom is 0.375 e. The summed E-state index contributed by atoms with van der Waals surface area (Å²) in [6, 6.07) is 10.1. The highest BCUT2D eigenvalue weighted by molar-refractivity contribution is 5.97. The Bertz CT molecular complexity index is 1190. The SMILES string of the molecule is C[C@@H](OC(=O)c1cc(=O)c2ccccc2o1)C(=O)Nc1ccc(F)c([N+](=O)[O-])c1. The van der Waals surface area contributed by atoms with Crippen LogP contribution in [0.3, 0.4) is 0 Å². The van der Waals surface area contributed by atoms with E-state index in [2.05, 4.69) is 5.32 Å². The van der Waals surface area contributed by atoms with Gasteiger partial charge in [0.2, 0.25) is 11.6 Å². The lowest BCUT2D eigenvalue weighted by Crippen LogP contribution is -2.30. The molecule has 0 spiro atoms. The monoisotopic (exact) mass is 400 g/mol. The van der Waals surface area contributed by atoms with Gasteiger partial charge in [0.1, 0.15) is 5.58 Å².